The Morgan fingerprint density at radius 3 is 2.86 bits per heavy atom. The van der Waals surface area contributed by atoms with E-state index >= 15 is 0 Å². The Hall–Kier alpha value is -3.26. The normalized spacial score (nSPS) is 10.9. The number of rotatable bonds is 7. The number of aryl methyl sites for hydroxylation is 2. The number of hydrogen-bond acceptors (Lipinski definition) is 7. The van der Waals surface area contributed by atoms with E-state index in [1.165, 1.54) is 11.3 Å². The Kier molecular flexibility index (Phi) is 5.29. The second-order valence-electron chi connectivity index (χ2n) is 6.19. The van der Waals surface area contributed by atoms with Crippen LogP contribution in [0.4, 0.5) is 0 Å². The van der Waals surface area contributed by atoms with Gasteiger partial charge < -0.3 is 9.15 Å². The van der Waals surface area contributed by atoms with Crippen molar-refractivity contribution in [1.82, 2.24) is 19.7 Å². The molecule has 1 aromatic carbocycles. The summed E-state index contributed by atoms with van der Waals surface area (Å²) in [5.74, 6) is 0.896. The van der Waals surface area contributed by atoms with E-state index in [0.29, 0.717) is 18.1 Å². The van der Waals surface area contributed by atoms with Crippen molar-refractivity contribution in [2.24, 2.45) is 7.05 Å². The molecular weight excluding hydrogens is 376 g/mol. The fourth-order valence-corrected chi connectivity index (χ4v) is 3.41. The number of benzene rings is 1. The van der Waals surface area contributed by atoms with Gasteiger partial charge in [-0.05, 0) is 0 Å². The molecule has 28 heavy (non-hydrogen) atoms. The summed E-state index contributed by atoms with van der Waals surface area (Å²) in [7, 11) is 1.86. The third-order valence-corrected chi connectivity index (χ3v) is 4.98. The highest BCUT2D eigenvalue weighted by molar-refractivity contribution is 7.13. The molecule has 4 aromatic rings. The predicted molar refractivity (Wildman–Crippen MR) is 104 cm³/mol. The maximum absolute atomic E-state index is 12.0. The van der Waals surface area contributed by atoms with E-state index in [-0.39, 0.29) is 19.0 Å². The van der Waals surface area contributed by atoms with Crippen LogP contribution in [0.5, 0.6) is 0 Å². The molecule has 0 saturated heterocycles. The lowest BCUT2D eigenvalue weighted by atomic mass is 10.2. The Bertz CT molecular complexity index is 1070. The van der Waals surface area contributed by atoms with Crippen LogP contribution in [0.15, 0.2) is 58.7 Å². The highest BCUT2D eigenvalue weighted by Crippen LogP contribution is 2.23. The SMILES string of the molecule is Cn1cc(-c2nc(COC(=O)CCc3ncc(-c4ccccc4)o3)cs2)cn1. The molecule has 0 atom stereocenters. The molecule has 0 bridgehead atoms. The number of esters is 1. The van der Waals surface area contributed by atoms with E-state index in [1.54, 1.807) is 17.1 Å². The van der Waals surface area contributed by atoms with E-state index in [9.17, 15) is 4.79 Å². The minimum Gasteiger partial charge on any atom is -0.459 e. The second kappa shape index (κ2) is 8.18. The molecule has 0 spiro atoms. The van der Waals surface area contributed by atoms with Gasteiger partial charge in [-0.2, -0.15) is 5.10 Å². The number of oxazole rings is 1. The van der Waals surface area contributed by atoms with Crippen molar-refractivity contribution < 1.29 is 13.9 Å². The van der Waals surface area contributed by atoms with Gasteiger partial charge in [-0.1, -0.05) is 30.3 Å². The first-order valence-electron chi connectivity index (χ1n) is 8.76. The van der Waals surface area contributed by atoms with Gasteiger partial charge in [0.15, 0.2) is 11.7 Å². The number of carbonyl (C=O) groups excluding carboxylic acids is 1. The Morgan fingerprint density at radius 2 is 2.07 bits per heavy atom. The van der Waals surface area contributed by atoms with Crippen LogP contribution in [0.3, 0.4) is 0 Å². The maximum atomic E-state index is 12.0. The first kappa shape index (κ1) is 18.1. The average Bonchev–Trinajstić information content (AvgIpc) is 3.46. The van der Waals surface area contributed by atoms with Crippen LogP contribution in [0.25, 0.3) is 21.9 Å². The van der Waals surface area contributed by atoms with Crippen molar-refractivity contribution in [2.45, 2.75) is 19.4 Å². The number of hydrogen-bond donors (Lipinski definition) is 0. The van der Waals surface area contributed by atoms with Gasteiger partial charge in [0.25, 0.3) is 0 Å². The van der Waals surface area contributed by atoms with Crippen molar-refractivity contribution >= 4 is 17.3 Å². The van der Waals surface area contributed by atoms with Crippen molar-refractivity contribution in [3.8, 4) is 21.9 Å². The van der Waals surface area contributed by atoms with Gasteiger partial charge in [0.1, 0.15) is 11.6 Å². The highest BCUT2D eigenvalue weighted by Gasteiger charge is 2.12. The minimum atomic E-state index is -0.310. The van der Waals surface area contributed by atoms with Gasteiger partial charge in [-0.25, -0.2) is 9.97 Å². The topological polar surface area (TPSA) is 83.0 Å². The van der Waals surface area contributed by atoms with Gasteiger partial charge in [0.2, 0.25) is 0 Å². The second-order valence-corrected chi connectivity index (χ2v) is 7.05. The fourth-order valence-electron chi connectivity index (χ4n) is 2.63. The lowest BCUT2D eigenvalue weighted by molar-refractivity contribution is -0.145. The third kappa shape index (κ3) is 4.34. The number of thiazole rings is 1. The van der Waals surface area contributed by atoms with Crippen LogP contribution in [0.1, 0.15) is 18.0 Å². The molecule has 7 nitrogen and oxygen atoms in total. The van der Waals surface area contributed by atoms with E-state index in [0.717, 1.165) is 21.8 Å². The van der Waals surface area contributed by atoms with Gasteiger partial charge in [0, 0.05) is 36.2 Å². The van der Waals surface area contributed by atoms with Crippen LogP contribution in [-0.4, -0.2) is 25.7 Å². The largest absolute Gasteiger partial charge is 0.459 e. The van der Waals surface area contributed by atoms with Gasteiger partial charge in [0.05, 0.1) is 24.5 Å². The lowest BCUT2D eigenvalue weighted by Crippen LogP contribution is -2.06. The van der Waals surface area contributed by atoms with Gasteiger partial charge in [-0.3, -0.25) is 9.48 Å². The molecule has 0 radical (unpaired) electrons. The first-order valence-corrected chi connectivity index (χ1v) is 9.64. The molecule has 0 aliphatic rings. The number of nitrogens with zero attached hydrogens (tertiary/aromatic N) is 4. The molecule has 0 aliphatic carbocycles. The Labute approximate surface area is 165 Å². The predicted octanol–water partition coefficient (Wildman–Crippen LogP) is 3.87. The smallest absolute Gasteiger partial charge is 0.306 e. The minimum absolute atomic E-state index is 0.149. The summed E-state index contributed by atoms with van der Waals surface area (Å²) in [5.41, 5.74) is 2.62. The monoisotopic (exact) mass is 394 g/mol. The summed E-state index contributed by atoms with van der Waals surface area (Å²) < 4.78 is 12.7. The molecular formula is C20H18N4O3S. The van der Waals surface area contributed by atoms with E-state index in [2.05, 4.69) is 15.1 Å². The molecule has 8 heteroatoms. The summed E-state index contributed by atoms with van der Waals surface area (Å²) in [4.78, 5) is 20.7. The molecule has 4 rings (SSSR count). The van der Waals surface area contributed by atoms with E-state index in [1.807, 2.05) is 49.0 Å². The number of aromatic nitrogens is 4. The van der Waals surface area contributed by atoms with Gasteiger partial charge in [-0.15, -0.1) is 11.3 Å². The van der Waals surface area contributed by atoms with E-state index in [4.69, 9.17) is 9.15 Å². The van der Waals surface area contributed by atoms with Gasteiger partial charge >= 0.3 is 5.97 Å². The molecule has 142 valence electrons. The standard InChI is InChI=1S/C20H18N4O3S/c1-24-11-15(9-22-24)20-23-16(13-28-20)12-26-19(25)8-7-18-21-10-17(27-18)14-5-3-2-4-6-14/h2-6,9-11,13H,7-8,12H2,1H3. The molecule has 0 saturated carbocycles. The molecule has 0 aliphatic heterocycles. The summed E-state index contributed by atoms with van der Waals surface area (Å²) in [6.45, 7) is 0.149. The van der Waals surface area contributed by atoms with Crippen LogP contribution >= 0.6 is 11.3 Å². The zero-order valence-corrected chi connectivity index (χ0v) is 16.1. The lowest BCUT2D eigenvalue weighted by Gasteiger charge is -2.01. The molecule has 0 unspecified atom stereocenters. The third-order valence-electron chi connectivity index (χ3n) is 4.04. The first-order chi connectivity index (χ1) is 13.7. The van der Waals surface area contributed by atoms with Crippen LogP contribution < -0.4 is 0 Å². The van der Waals surface area contributed by atoms with Crippen LogP contribution in [-0.2, 0) is 29.6 Å². The molecule has 3 heterocycles. The highest BCUT2D eigenvalue weighted by atomic mass is 32.1. The average molecular weight is 394 g/mol. The van der Waals surface area contributed by atoms with Crippen LogP contribution in [0, 0.1) is 0 Å². The Morgan fingerprint density at radius 1 is 1.21 bits per heavy atom. The van der Waals surface area contributed by atoms with Crippen molar-refractivity contribution in [1.29, 1.82) is 0 Å². The summed E-state index contributed by atoms with van der Waals surface area (Å²) in [5, 5.41) is 6.87. The molecule has 0 N–H and O–H groups in total. The van der Waals surface area contributed by atoms with Crippen molar-refractivity contribution in [3.63, 3.8) is 0 Å². The Balaban J connectivity index is 1.26. The molecule has 3 aromatic heterocycles. The molecule has 0 amide bonds. The summed E-state index contributed by atoms with van der Waals surface area (Å²) >= 11 is 1.50. The fraction of sp³-hybridized carbons (Fsp3) is 0.200. The zero-order chi connectivity index (χ0) is 19.3. The van der Waals surface area contributed by atoms with Crippen molar-refractivity contribution in [2.75, 3.05) is 0 Å². The summed E-state index contributed by atoms with van der Waals surface area (Å²) in [6.07, 6.45) is 5.92. The van der Waals surface area contributed by atoms with E-state index < -0.39 is 0 Å². The van der Waals surface area contributed by atoms with Crippen molar-refractivity contribution in [3.05, 3.63) is 65.9 Å². The summed E-state index contributed by atoms with van der Waals surface area (Å²) in [6, 6.07) is 9.72. The number of carbonyl (C=O) groups is 1. The zero-order valence-electron chi connectivity index (χ0n) is 15.2. The molecule has 0 fully saturated rings. The maximum Gasteiger partial charge on any atom is 0.306 e. The number of ether oxygens (including phenoxy) is 1. The van der Waals surface area contributed by atoms with Crippen LogP contribution in [0.2, 0.25) is 0 Å². The quantitative estimate of drug-likeness (QED) is 0.443.